The highest BCUT2D eigenvalue weighted by atomic mass is 127. The number of ketones is 1. The third-order valence-corrected chi connectivity index (χ3v) is 3.47. The van der Waals surface area contributed by atoms with E-state index in [1.54, 1.807) is 12.1 Å². The number of carbonyl (C=O) groups excluding carboxylic acids is 2. The summed E-state index contributed by atoms with van der Waals surface area (Å²) in [6.07, 6.45) is 0. The summed E-state index contributed by atoms with van der Waals surface area (Å²) in [5, 5.41) is 0. The molecule has 0 aromatic heterocycles. The Hall–Kier alpha value is -0.560. The number of esters is 1. The Labute approximate surface area is 112 Å². The van der Waals surface area contributed by atoms with Crippen molar-refractivity contribution in [2.45, 2.75) is 0 Å². The maximum absolute atomic E-state index is 11.7. The van der Waals surface area contributed by atoms with E-state index in [2.05, 4.69) is 27.3 Å². The summed E-state index contributed by atoms with van der Waals surface area (Å²) in [5.41, 5.74) is 0.679. The zero-order valence-corrected chi connectivity index (χ0v) is 11.7. The third kappa shape index (κ3) is 4.52. The van der Waals surface area contributed by atoms with Crippen molar-refractivity contribution >= 4 is 46.1 Å². The summed E-state index contributed by atoms with van der Waals surface area (Å²) < 4.78 is 5.58. The van der Waals surface area contributed by atoms with Crippen LogP contribution in [0.2, 0.25) is 0 Å². The van der Waals surface area contributed by atoms with Crippen molar-refractivity contribution in [2.75, 3.05) is 18.6 Å². The Bertz CT molecular complexity index is 375. The van der Waals surface area contributed by atoms with Crippen molar-refractivity contribution in [1.29, 1.82) is 0 Å². The van der Waals surface area contributed by atoms with Gasteiger partial charge in [-0.05, 0) is 34.7 Å². The lowest BCUT2D eigenvalue weighted by Crippen LogP contribution is -2.08. The number of hydrogen-bond donors (Lipinski definition) is 0. The molecule has 0 amide bonds. The van der Waals surface area contributed by atoms with Crippen molar-refractivity contribution in [3.8, 4) is 0 Å². The third-order valence-electron chi connectivity index (χ3n) is 1.85. The fourth-order valence-corrected chi connectivity index (χ4v) is 2.10. The first-order valence-electron chi connectivity index (χ1n) is 4.57. The lowest BCUT2D eigenvalue weighted by atomic mass is 10.2. The first-order chi connectivity index (χ1) is 7.63. The molecular weight excluding hydrogens is 339 g/mol. The van der Waals surface area contributed by atoms with Crippen LogP contribution in [0.1, 0.15) is 10.4 Å². The summed E-state index contributed by atoms with van der Waals surface area (Å²) in [4.78, 5) is 22.5. The second kappa shape index (κ2) is 6.90. The predicted molar refractivity (Wildman–Crippen MR) is 72.8 cm³/mol. The van der Waals surface area contributed by atoms with Crippen LogP contribution in [0.4, 0.5) is 0 Å². The fourth-order valence-electron chi connectivity index (χ4n) is 1.01. The molecule has 1 aromatic rings. The topological polar surface area (TPSA) is 43.4 Å². The largest absolute Gasteiger partial charge is 0.468 e. The van der Waals surface area contributed by atoms with Crippen LogP contribution in [-0.4, -0.2) is 30.4 Å². The first-order valence-corrected chi connectivity index (χ1v) is 6.80. The van der Waals surface area contributed by atoms with Gasteiger partial charge < -0.3 is 4.74 Å². The molecule has 0 unspecified atom stereocenters. The van der Waals surface area contributed by atoms with Crippen molar-refractivity contribution in [2.24, 2.45) is 0 Å². The molecule has 1 rings (SSSR count). The number of carbonyl (C=O) groups is 2. The van der Waals surface area contributed by atoms with Crippen LogP contribution in [0.5, 0.6) is 0 Å². The zero-order chi connectivity index (χ0) is 12.0. The molecule has 0 N–H and O–H groups in total. The van der Waals surface area contributed by atoms with Gasteiger partial charge in [0.1, 0.15) is 0 Å². The summed E-state index contributed by atoms with van der Waals surface area (Å²) in [6, 6.07) is 7.36. The molecule has 1 aromatic carbocycles. The van der Waals surface area contributed by atoms with Crippen LogP contribution >= 0.6 is 34.4 Å². The molecule has 16 heavy (non-hydrogen) atoms. The van der Waals surface area contributed by atoms with Gasteiger partial charge in [0.05, 0.1) is 18.6 Å². The molecule has 3 nitrogen and oxygen atoms in total. The highest BCUT2D eigenvalue weighted by molar-refractivity contribution is 14.1. The van der Waals surface area contributed by atoms with Gasteiger partial charge in [0.2, 0.25) is 0 Å². The highest BCUT2D eigenvalue weighted by Crippen LogP contribution is 2.10. The summed E-state index contributed by atoms with van der Waals surface area (Å²) >= 11 is 3.45. The van der Waals surface area contributed by atoms with E-state index in [4.69, 9.17) is 0 Å². The number of benzene rings is 1. The second-order valence-corrected chi connectivity index (χ2v) is 5.23. The van der Waals surface area contributed by atoms with Crippen LogP contribution in [0.15, 0.2) is 24.3 Å². The van der Waals surface area contributed by atoms with Gasteiger partial charge in [-0.25, -0.2) is 0 Å². The fraction of sp³-hybridized carbons (Fsp3) is 0.273. The van der Waals surface area contributed by atoms with E-state index >= 15 is 0 Å². The number of hydrogen-bond acceptors (Lipinski definition) is 4. The number of rotatable bonds is 5. The van der Waals surface area contributed by atoms with E-state index < -0.39 is 0 Å². The molecule has 0 saturated heterocycles. The number of ether oxygens (including phenoxy) is 1. The minimum absolute atomic E-state index is 0.0327. The molecule has 0 aliphatic rings. The Morgan fingerprint density at radius 1 is 1.25 bits per heavy atom. The predicted octanol–water partition coefficient (Wildman–Crippen LogP) is 2.38. The lowest BCUT2D eigenvalue weighted by molar-refractivity contribution is -0.137. The van der Waals surface area contributed by atoms with Gasteiger partial charge in [0.25, 0.3) is 0 Å². The lowest BCUT2D eigenvalue weighted by Gasteiger charge is -2.01. The number of Topliss-reactive ketones (excluding diaryl/α,β-unsaturated/α-hetero) is 1. The van der Waals surface area contributed by atoms with E-state index in [0.29, 0.717) is 11.3 Å². The average molecular weight is 350 g/mol. The Kier molecular flexibility index (Phi) is 5.83. The summed E-state index contributed by atoms with van der Waals surface area (Å²) in [5.74, 6) is 0.244. The molecule has 0 bridgehead atoms. The van der Waals surface area contributed by atoms with Crippen LogP contribution in [0, 0.1) is 3.57 Å². The van der Waals surface area contributed by atoms with Crippen molar-refractivity contribution in [3.05, 3.63) is 33.4 Å². The van der Waals surface area contributed by atoms with E-state index in [9.17, 15) is 9.59 Å². The van der Waals surface area contributed by atoms with Gasteiger partial charge in [-0.2, -0.15) is 0 Å². The van der Waals surface area contributed by atoms with Gasteiger partial charge in [-0.15, -0.1) is 11.8 Å². The Morgan fingerprint density at radius 3 is 2.44 bits per heavy atom. The molecule has 0 heterocycles. The van der Waals surface area contributed by atoms with E-state index in [1.807, 2.05) is 12.1 Å². The van der Waals surface area contributed by atoms with E-state index in [-0.39, 0.29) is 17.5 Å². The smallest absolute Gasteiger partial charge is 0.315 e. The molecule has 0 atom stereocenters. The standard InChI is InChI=1S/C11H11IO3S/c1-15-11(14)7-16-6-10(13)8-2-4-9(12)5-3-8/h2-5H,6-7H2,1H3. The highest BCUT2D eigenvalue weighted by Gasteiger charge is 2.07. The van der Waals surface area contributed by atoms with Crippen LogP contribution < -0.4 is 0 Å². The molecule has 0 fully saturated rings. The zero-order valence-electron chi connectivity index (χ0n) is 8.73. The van der Waals surface area contributed by atoms with Crippen molar-refractivity contribution < 1.29 is 14.3 Å². The van der Waals surface area contributed by atoms with Gasteiger partial charge in [0.15, 0.2) is 5.78 Å². The minimum Gasteiger partial charge on any atom is -0.468 e. The Morgan fingerprint density at radius 2 is 1.88 bits per heavy atom. The van der Waals surface area contributed by atoms with Crippen LogP contribution in [0.3, 0.4) is 0 Å². The number of thioether (sulfide) groups is 1. The molecule has 5 heteroatoms. The van der Waals surface area contributed by atoms with Crippen molar-refractivity contribution in [3.63, 3.8) is 0 Å². The van der Waals surface area contributed by atoms with Crippen molar-refractivity contribution in [1.82, 2.24) is 0 Å². The summed E-state index contributed by atoms with van der Waals surface area (Å²) in [6.45, 7) is 0. The van der Waals surface area contributed by atoms with Gasteiger partial charge in [-0.3, -0.25) is 9.59 Å². The van der Waals surface area contributed by atoms with Gasteiger partial charge in [-0.1, -0.05) is 12.1 Å². The Balaban J connectivity index is 2.41. The van der Waals surface area contributed by atoms with E-state index in [1.165, 1.54) is 18.9 Å². The SMILES string of the molecule is COC(=O)CSCC(=O)c1ccc(I)cc1. The monoisotopic (exact) mass is 350 g/mol. The molecule has 0 radical (unpaired) electrons. The maximum atomic E-state index is 11.7. The molecule has 0 spiro atoms. The normalized spacial score (nSPS) is 9.88. The number of halogens is 1. The number of methoxy groups -OCH3 is 1. The second-order valence-electron chi connectivity index (χ2n) is 3.00. The minimum atomic E-state index is -0.305. The molecular formula is C11H11IO3S. The molecule has 0 aliphatic carbocycles. The van der Waals surface area contributed by atoms with Gasteiger partial charge in [0, 0.05) is 9.13 Å². The van der Waals surface area contributed by atoms with Crippen LogP contribution in [-0.2, 0) is 9.53 Å². The average Bonchev–Trinajstić information content (AvgIpc) is 2.29. The maximum Gasteiger partial charge on any atom is 0.315 e. The van der Waals surface area contributed by atoms with E-state index in [0.717, 1.165) is 3.57 Å². The molecule has 0 saturated carbocycles. The van der Waals surface area contributed by atoms with Crippen LogP contribution in [0.25, 0.3) is 0 Å². The van der Waals surface area contributed by atoms with Gasteiger partial charge >= 0.3 is 5.97 Å². The molecule has 0 aliphatic heterocycles. The molecule has 86 valence electrons. The first kappa shape index (κ1) is 13.5. The quantitative estimate of drug-likeness (QED) is 0.465. The summed E-state index contributed by atoms with van der Waals surface area (Å²) in [7, 11) is 1.34.